The van der Waals surface area contributed by atoms with Gasteiger partial charge in [-0.2, -0.15) is 9.78 Å². The number of aromatic carboxylic acids is 1. The van der Waals surface area contributed by atoms with E-state index in [2.05, 4.69) is 15.1 Å². The highest BCUT2D eigenvalue weighted by Crippen LogP contribution is 2.36. The average molecular weight is 659 g/mol. The monoisotopic (exact) mass is 658 g/mol. The van der Waals surface area contributed by atoms with Gasteiger partial charge in [0, 0.05) is 23.4 Å². The van der Waals surface area contributed by atoms with Crippen molar-refractivity contribution >= 4 is 27.6 Å². The molecule has 1 amide bonds. The number of hydrogen-bond donors (Lipinski definition) is 3. The number of sulfonamides is 1. The number of anilines is 1. The van der Waals surface area contributed by atoms with Crippen LogP contribution < -0.4 is 24.2 Å². The second kappa shape index (κ2) is 12.6. The molecule has 1 aliphatic heterocycles. The van der Waals surface area contributed by atoms with Gasteiger partial charge >= 0.3 is 5.97 Å². The molecule has 0 spiro atoms. The second-order valence-corrected chi connectivity index (χ2v) is 12.3. The smallest absolute Gasteiger partial charge is 0.356 e. The summed E-state index contributed by atoms with van der Waals surface area (Å²) in [5, 5.41) is 16.6. The molecule has 0 unspecified atom stereocenters. The zero-order chi connectivity index (χ0) is 33.3. The number of fused-ring (bicyclic) bond motifs is 1. The summed E-state index contributed by atoms with van der Waals surface area (Å²) in [6.45, 7) is 3.32. The number of carbonyl (C=O) groups is 2. The maximum absolute atomic E-state index is 13.9. The van der Waals surface area contributed by atoms with Gasteiger partial charge in [-0.25, -0.2) is 22.3 Å². The molecule has 0 atom stereocenters. The lowest BCUT2D eigenvalue weighted by Gasteiger charge is -2.16. The van der Waals surface area contributed by atoms with Crippen LogP contribution in [0.25, 0.3) is 5.69 Å². The van der Waals surface area contributed by atoms with E-state index in [1.807, 2.05) is 19.1 Å². The van der Waals surface area contributed by atoms with Crippen molar-refractivity contribution in [3.05, 3.63) is 119 Å². The topological polar surface area (TPSA) is 158 Å². The molecule has 3 N–H and O–H groups in total. The standard InChI is InChI=1S/C33H27FN4O8S/c1-19-3-11-25(12-4-19)38-32(20(2)30(37-38)33(40)41)46-27-14-10-24(36-31(39)22-6-8-23(34)9-7-22)16-29(27)47(42,43)35-17-21-5-13-26-28(15-21)45-18-44-26/h3-16,35H,17-18H2,1-2H3,(H,36,39)(H,40,41). The first-order valence-electron chi connectivity index (χ1n) is 14.2. The number of rotatable bonds is 10. The number of carboxylic acids is 1. The Labute approximate surface area is 268 Å². The Morgan fingerprint density at radius 2 is 1.68 bits per heavy atom. The van der Waals surface area contributed by atoms with E-state index in [1.165, 1.54) is 41.9 Å². The normalized spacial score (nSPS) is 12.1. The number of hydrogen-bond acceptors (Lipinski definition) is 8. The molecular weight excluding hydrogens is 631 g/mol. The molecule has 2 heterocycles. The van der Waals surface area contributed by atoms with Gasteiger partial charge in [-0.3, -0.25) is 4.79 Å². The Bertz CT molecular complexity index is 2110. The van der Waals surface area contributed by atoms with E-state index >= 15 is 0 Å². The Balaban J connectivity index is 1.38. The molecule has 47 heavy (non-hydrogen) atoms. The van der Waals surface area contributed by atoms with Gasteiger partial charge in [0.25, 0.3) is 5.91 Å². The molecule has 0 aliphatic carbocycles. The minimum Gasteiger partial charge on any atom is -0.476 e. The molecule has 5 aromatic rings. The van der Waals surface area contributed by atoms with Crippen LogP contribution in [-0.4, -0.2) is 42.0 Å². The van der Waals surface area contributed by atoms with Crippen molar-refractivity contribution in [2.75, 3.05) is 12.1 Å². The van der Waals surface area contributed by atoms with Gasteiger partial charge in [-0.15, -0.1) is 0 Å². The third kappa shape index (κ3) is 6.64. The lowest BCUT2D eigenvalue weighted by molar-refractivity contribution is 0.0689. The molecule has 1 aliphatic rings. The predicted octanol–water partition coefficient (Wildman–Crippen LogP) is 5.58. The molecule has 0 fully saturated rings. The highest BCUT2D eigenvalue weighted by Gasteiger charge is 2.27. The summed E-state index contributed by atoms with van der Waals surface area (Å²) < 4.78 is 61.8. The van der Waals surface area contributed by atoms with Gasteiger partial charge in [0.05, 0.1) is 5.69 Å². The van der Waals surface area contributed by atoms with Gasteiger partial charge in [0.15, 0.2) is 17.2 Å². The Kier molecular flexibility index (Phi) is 8.36. The maximum Gasteiger partial charge on any atom is 0.356 e. The highest BCUT2D eigenvalue weighted by atomic mass is 32.2. The minimum absolute atomic E-state index is 0.0263. The van der Waals surface area contributed by atoms with Crippen molar-refractivity contribution in [3.8, 4) is 28.8 Å². The molecule has 1 aromatic heterocycles. The molecule has 0 bridgehead atoms. The first kappa shape index (κ1) is 31.3. The Morgan fingerprint density at radius 3 is 2.40 bits per heavy atom. The molecule has 6 rings (SSSR count). The van der Waals surface area contributed by atoms with E-state index in [0.29, 0.717) is 22.7 Å². The average Bonchev–Trinajstić information content (AvgIpc) is 3.65. The van der Waals surface area contributed by atoms with Gasteiger partial charge in [-0.05, 0) is 86.1 Å². The number of benzene rings is 4. The van der Waals surface area contributed by atoms with Crippen LogP contribution in [0, 0.1) is 19.7 Å². The maximum atomic E-state index is 13.9. The zero-order valence-corrected chi connectivity index (χ0v) is 25.8. The molecule has 0 radical (unpaired) electrons. The lowest BCUT2D eigenvalue weighted by Crippen LogP contribution is -2.24. The molecule has 240 valence electrons. The number of carbonyl (C=O) groups excluding carboxylic acids is 1. The van der Waals surface area contributed by atoms with E-state index < -0.39 is 27.7 Å². The summed E-state index contributed by atoms with van der Waals surface area (Å²) in [5.41, 5.74) is 2.15. The molecule has 14 heteroatoms. The van der Waals surface area contributed by atoms with Crippen molar-refractivity contribution in [3.63, 3.8) is 0 Å². The first-order chi connectivity index (χ1) is 22.5. The fourth-order valence-corrected chi connectivity index (χ4v) is 5.93. The van der Waals surface area contributed by atoms with Crippen LogP contribution in [0.3, 0.4) is 0 Å². The second-order valence-electron chi connectivity index (χ2n) is 10.6. The molecular formula is C33H27FN4O8S. The van der Waals surface area contributed by atoms with Crippen LogP contribution in [0.5, 0.6) is 23.1 Å². The quantitative estimate of drug-likeness (QED) is 0.174. The van der Waals surface area contributed by atoms with Crippen molar-refractivity contribution in [1.82, 2.24) is 14.5 Å². The summed E-state index contributed by atoms with van der Waals surface area (Å²) in [5.74, 6) is -1.59. The van der Waals surface area contributed by atoms with Gasteiger partial charge in [0.1, 0.15) is 16.5 Å². The van der Waals surface area contributed by atoms with Crippen LogP contribution in [0.15, 0.2) is 89.8 Å². The van der Waals surface area contributed by atoms with Crippen molar-refractivity contribution < 1.29 is 41.7 Å². The summed E-state index contributed by atoms with van der Waals surface area (Å²) >= 11 is 0. The van der Waals surface area contributed by atoms with Crippen LogP contribution in [0.4, 0.5) is 10.1 Å². The third-order valence-electron chi connectivity index (χ3n) is 7.26. The van der Waals surface area contributed by atoms with E-state index in [4.69, 9.17) is 14.2 Å². The van der Waals surface area contributed by atoms with Crippen molar-refractivity contribution in [1.29, 1.82) is 0 Å². The molecule has 12 nitrogen and oxygen atoms in total. The fraction of sp³-hybridized carbons (Fsp3) is 0.121. The summed E-state index contributed by atoms with van der Waals surface area (Å²) in [7, 11) is -4.35. The number of carboxylic acid groups (broad SMARTS) is 1. The summed E-state index contributed by atoms with van der Waals surface area (Å²) in [6, 6.07) is 20.9. The van der Waals surface area contributed by atoms with Gasteiger partial charge in [0.2, 0.25) is 22.7 Å². The summed E-state index contributed by atoms with van der Waals surface area (Å²) in [6.07, 6.45) is 0. The number of nitrogens with one attached hydrogen (secondary N) is 2. The number of aryl methyl sites for hydroxylation is 1. The number of nitrogens with zero attached hydrogens (tertiary/aromatic N) is 2. The lowest BCUT2D eigenvalue weighted by atomic mass is 10.2. The number of aromatic nitrogens is 2. The zero-order valence-electron chi connectivity index (χ0n) is 25.0. The molecule has 4 aromatic carbocycles. The van der Waals surface area contributed by atoms with Crippen molar-refractivity contribution in [2.45, 2.75) is 25.3 Å². The van der Waals surface area contributed by atoms with Crippen LogP contribution in [0.2, 0.25) is 0 Å². The Morgan fingerprint density at radius 1 is 0.957 bits per heavy atom. The van der Waals surface area contributed by atoms with E-state index in [9.17, 15) is 27.5 Å². The SMILES string of the molecule is Cc1ccc(-n2nc(C(=O)O)c(C)c2Oc2ccc(NC(=O)c3ccc(F)cc3)cc2S(=O)(=O)NCc2ccc3c(c2)OCO3)cc1. The Hall–Kier alpha value is -5.73. The van der Waals surface area contributed by atoms with Crippen LogP contribution in [0.1, 0.15) is 37.5 Å². The first-order valence-corrected chi connectivity index (χ1v) is 15.6. The van der Waals surface area contributed by atoms with E-state index in [1.54, 1.807) is 30.3 Å². The third-order valence-corrected chi connectivity index (χ3v) is 8.68. The van der Waals surface area contributed by atoms with Crippen LogP contribution >= 0.6 is 0 Å². The number of ether oxygens (including phenoxy) is 3. The number of amides is 1. The van der Waals surface area contributed by atoms with E-state index in [-0.39, 0.29) is 52.4 Å². The fourth-order valence-electron chi connectivity index (χ4n) is 4.76. The predicted molar refractivity (Wildman–Crippen MR) is 167 cm³/mol. The molecule has 0 saturated heterocycles. The molecule has 0 saturated carbocycles. The highest BCUT2D eigenvalue weighted by molar-refractivity contribution is 7.89. The van der Waals surface area contributed by atoms with Gasteiger partial charge in [-0.1, -0.05) is 23.8 Å². The minimum atomic E-state index is -4.35. The largest absolute Gasteiger partial charge is 0.476 e. The van der Waals surface area contributed by atoms with Gasteiger partial charge < -0.3 is 24.6 Å². The summed E-state index contributed by atoms with van der Waals surface area (Å²) in [4.78, 5) is 24.5. The number of halogens is 1. The van der Waals surface area contributed by atoms with Crippen LogP contribution in [-0.2, 0) is 16.6 Å². The van der Waals surface area contributed by atoms with Crippen molar-refractivity contribution in [2.24, 2.45) is 0 Å². The van der Waals surface area contributed by atoms with E-state index in [0.717, 1.165) is 17.7 Å².